The lowest BCUT2D eigenvalue weighted by molar-refractivity contribution is -0.00811. The second-order valence-electron chi connectivity index (χ2n) is 7.21. The molecule has 1 aromatic carbocycles. The number of guanidine groups is 1. The quantitative estimate of drug-likeness (QED) is 0.376. The monoisotopic (exact) mass is 516 g/mol. The summed E-state index contributed by atoms with van der Waals surface area (Å²) in [6, 6.07) is 6.77. The first kappa shape index (κ1) is 23.6. The molecule has 160 valence electrons. The third-order valence-electron chi connectivity index (χ3n) is 5.01. The minimum atomic E-state index is -0.222. The van der Waals surface area contributed by atoms with Crippen LogP contribution in [0.4, 0.5) is 4.39 Å². The van der Waals surface area contributed by atoms with E-state index in [9.17, 15) is 4.39 Å². The fourth-order valence-corrected chi connectivity index (χ4v) is 3.45. The minimum Gasteiger partial charge on any atom is -0.370 e. The van der Waals surface area contributed by atoms with Gasteiger partial charge in [-0.15, -0.1) is 24.0 Å². The zero-order valence-electron chi connectivity index (χ0n) is 17.4. The van der Waals surface area contributed by atoms with Crippen LogP contribution < -0.4 is 5.32 Å². The van der Waals surface area contributed by atoms with E-state index in [-0.39, 0.29) is 41.9 Å². The van der Waals surface area contributed by atoms with Crippen molar-refractivity contribution in [3.05, 3.63) is 53.6 Å². The fraction of sp³-hybridized carbons (Fsp3) is 0.500. The van der Waals surface area contributed by atoms with E-state index in [1.165, 1.54) is 12.1 Å². The van der Waals surface area contributed by atoms with Gasteiger partial charge in [-0.1, -0.05) is 12.1 Å². The normalized spacial score (nSPS) is 18.5. The second kappa shape index (κ2) is 10.9. The minimum absolute atomic E-state index is 0. The van der Waals surface area contributed by atoms with E-state index in [4.69, 9.17) is 4.74 Å². The summed E-state index contributed by atoms with van der Waals surface area (Å²) in [6.07, 6.45) is 3.81. The van der Waals surface area contributed by atoms with E-state index in [1.54, 1.807) is 11.7 Å². The zero-order chi connectivity index (χ0) is 20.1. The van der Waals surface area contributed by atoms with Crippen molar-refractivity contribution in [2.75, 3.05) is 47.4 Å². The lowest BCUT2D eigenvalue weighted by Gasteiger charge is -2.35. The molecule has 1 aliphatic heterocycles. The summed E-state index contributed by atoms with van der Waals surface area (Å²) in [5.41, 5.74) is 2.13. The molecule has 0 saturated carbocycles. The van der Waals surface area contributed by atoms with Crippen LogP contribution in [-0.2, 0) is 11.8 Å². The van der Waals surface area contributed by atoms with Gasteiger partial charge in [-0.05, 0) is 31.8 Å². The van der Waals surface area contributed by atoms with Crippen molar-refractivity contribution < 1.29 is 9.13 Å². The average molecular weight is 516 g/mol. The molecular formula is C20H30FIN6O. The van der Waals surface area contributed by atoms with Crippen molar-refractivity contribution in [2.45, 2.75) is 12.1 Å². The molecular weight excluding hydrogens is 486 g/mol. The molecule has 1 aliphatic rings. The highest BCUT2D eigenvalue weighted by molar-refractivity contribution is 14.0. The fourth-order valence-electron chi connectivity index (χ4n) is 3.45. The summed E-state index contributed by atoms with van der Waals surface area (Å²) < 4.78 is 21.0. The van der Waals surface area contributed by atoms with Crippen molar-refractivity contribution in [3.8, 4) is 0 Å². The Balaban J connectivity index is 0.00000300. The number of hydrogen-bond donors (Lipinski definition) is 1. The number of halogens is 2. The number of nitrogens with zero attached hydrogens (tertiary/aromatic N) is 5. The maximum Gasteiger partial charge on any atom is 0.193 e. The molecule has 1 saturated heterocycles. The number of ether oxygens (including phenoxy) is 1. The van der Waals surface area contributed by atoms with E-state index in [1.807, 2.05) is 45.7 Å². The molecule has 9 heteroatoms. The topological polar surface area (TPSA) is 57.9 Å². The maximum absolute atomic E-state index is 13.3. The Morgan fingerprint density at radius 2 is 2.10 bits per heavy atom. The van der Waals surface area contributed by atoms with Gasteiger partial charge in [0.15, 0.2) is 5.96 Å². The predicted octanol–water partition coefficient (Wildman–Crippen LogP) is 2.43. The Hall–Kier alpha value is -1.72. The first-order valence-electron chi connectivity index (χ1n) is 9.45. The summed E-state index contributed by atoms with van der Waals surface area (Å²) in [7, 11) is 7.73. The number of aromatic nitrogens is 2. The lowest BCUT2D eigenvalue weighted by atomic mass is 10.1. The van der Waals surface area contributed by atoms with Gasteiger partial charge < -0.3 is 19.9 Å². The molecule has 0 bridgehead atoms. The summed E-state index contributed by atoms with van der Waals surface area (Å²) >= 11 is 0. The molecule has 0 aliphatic carbocycles. The molecule has 1 N–H and O–H groups in total. The highest BCUT2D eigenvalue weighted by Gasteiger charge is 2.26. The molecule has 2 unspecified atom stereocenters. The van der Waals surface area contributed by atoms with Gasteiger partial charge in [0.05, 0.1) is 25.4 Å². The zero-order valence-corrected chi connectivity index (χ0v) is 19.7. The summed E-state index contributed by atoms with van der Waals surface area (Å²) in [5, 5.41) is 7.72. The van der Waals surface area contributed by atoms with Gasteiger partial charge in [0, 0.05) is 38.9 Å². The molecule has 1 fully saturated rings. The number of rotatable bonds is 5. The van der Waals surface area contributed by atoms with Gasteiger partial charge in [-0.2, -0.15) is 5.10 Å². The third-order valence-corrected chi connectivity index (χ3v) is 5.01. The predicted molar refractivity (Wildman–Crippen MR) is 123 cm³/mol. The number of benzene rings is 1. The highest BCUT2D eigenvalue weighted by atomic mass is 127. The van der Waals surface area contributed by atoms with Crippen LogP contribution in [-0.4, -0.2) is 72.9 Å². The van der Waals surface area contributed by atoms with Crippen LogP contribution >= 0.6 is 24.0 Å². The Morgan fingerprint density at radius 3 is 2.69 bits per heavy atom. The highest BCUT2D eigenvalue weighted by Crippen LogP contribution is 2.22. The SMILES string of the molecule is CN=C(NCC(c1ccc(F)cc1)N(C)C)N1CCOC(c2cnn(C)c2)C1.I. The molecule has 0 spiro atoms. The van der Waals surface area contributed by atoms with Crippen LogP contribution in [0.1, 0.15) is 23.3 Å². The third kappa shape index (κ3) is 6.13. The molecule has 2 atom stereocenters. The van der Waals surface area contributed by atoms with Crippen LogP contribution in [0.15, 0.2) is 41.7 Å². The van der Waals surface area contributed by atoms with Crippen LogP contribution in [0.3, 0.4) is 0 Å². The van der Waals surface area contributed by atoms with Gasteiger partial charge >= 0.3 is 0 Å². The second-order valence-corrected chi connectivity index (χ2v) is 7.21. The van der Waals surface area contributed by atoms with E-state index in [0.29, 0.717) is 19.7 Å². The van der Waals surface area contributed by atoms with Crippen molar-refractivity contribution in [1.82, 2.24) is 24.9 Å². The van der Waals surface area contributed by atoms with Crippen LogP contribution in [0.5, 0.6) is 0 Å². The Labute approximate surface area is 188 Å². The maximum atomic E-state index is 13.3. The van der Waals surface area contributed by atoms with Gasteiger partial charge in [0.1, 0.15) is 11.9 Å². The molecule has 0 amide bonds. The number of likely N-dealkylation sites (N-methyl/N-ethyl adjacent to an activating group) is 1. The summed E-state index contributed by atoms with van der Waals surface area (Å²) in [5.74, 6) is 0.617. The van der Waals surface area contributed by atoms with Crippen molar-refractivity contribution in [1.29, 1.82) is 0 Å². The average Bonchev–Trinajstić information content (AvgIpc) is 3.13. The van der Waals surface area contributed by atoms with E-state index in [2.05, 4.69) is 25.2 Å². The van der Waals surface area contributed by atoms with Gasteiger partial charge in [0.2, 0.25) is 0 Å². The lowest BCUT2D eigenvalue weighted by Crippen LogP contribution is -2.49. The van der Waals surface area contributed by atoms with Crippen molar-refractivity contribution in [2.24, 2.45) is 12.0 Å². The first-order valence-corrected chi connectivity index (χ1v) is 9.45. The van der Waals surface area contributed by atoms with E-state index >= 15 is 0 Å². The number of nitrogens with one attached hydrogen (secondary N) is 1. The van der Waals surface area contributed by atoms with Crippen LogP contribution in [0.25, 0.3) is 0 Å². The van der Waals surface area contributed by atoms with Crippen LogP contribution in [0.2, 0.25) is 0 Å². The van der Waals surface area contributed by atoms with Gasteiger partial charge in [-0.3, -0.25) is 9.67 Å². The first-order chi connectivity index (χ1) is 13.5. The largest absolute Gasteiger partial charge is 0.370 e. The standard InChI is InChI=1S/C20H29FN6O.HI/c1-22-20(23-12-18(25(2)3)15-5-7-17(21)8-6-15)27-9-10-28-19(14-27)16-11-24-26(4)13-16;/h5-8,11,13,18-19H,9-10,12,14H2,1-4H3,(H,22,23);1H. The molecule has 3 rings (SSSR count). The van der Waals surface area contributed by atoms with E-state index in [0.717, 1.165) is 23.6 Å². The van der Waals surface area contributed by atoms with Gasteiger partial charge in [0.25, 0.3) is 0 Å². The number of aliphatic imine (C=N–C) groups is 1. The van der Waals surface area contributed by atoms with Crippen LogP contribution in [0, 0.1) is 5.82 Å². The molecule has 7 nitrogen and oxygen atoms in total. The molecule has 2 aromatic rings. The molecule has 1 aromatic heterocycles. The van der Waals surface area contributed by atoms with Gasteiger partial charge in [-0.25, -0.2) is 4.39 Å². The Kier molecular flexibility index (Phi) is 8.84. The summed E-state index contributed by atoms with van der Waals surface area (Å²) in [4.78, 5) is 8.78. The van der Waals surface area contributed by atoms with E-state index < -0.39 is 0 Å². The van der Waals surface area contributed by atoms with Crippen molar-refractivity contribution >= 4 is 29.9 Å². The Morgan fingerprint density at radius 1 is 1.38 bits per heavy atom. The van der Waals surface area contributed by atoms with Crippen molar-refractivity contribution in [3.63, 3.8) is 0 Å². The summed E-state index contributed by atoms with van der Waals surface area (Å²) in [6.45, 7) is 2.80. The number of hydrogen-bond acceptors (Lipinski definition) is 4. The number of aryl methyl sites for hydroxylation is 1. The smallest absolute Gasteiger partial charge is 0.193 e. The number of morpholine rings is 1. The molecule has 29 heavy (non-hydrogen) atoms. The Bertz CT molecular complexity index is 795. The molecule has 2 heterocycles. The molecule has 0 radical (unpaired) electrons.